The number of aliphatic hydroxyl groups is 2. The number of carbonyl (C=O) groups is 2. The summed E-state index contributed by atoms with van der Waals surface area (Å²) in [6.07, 6.45) is 13.9. The summed E-state index contributed by atoms with van der Waals surface area (Å²) in [5, 5.41) is 23.9. The quantitative estimate of drug-likeness (QED) is 0.154. The van der Waals surface area contributed by atoms with E-state index in [-0.39, 0.29) is 41.9 Å². The first-order valence-electron chi connectivity index (χ1n) is 18.3. The number of fused-ring (bicyclic) bond motifs is 1. The highest BCUT2D eigenvalue weighted by atomic mass is 16.5. The molecule has 0 radical (unpaired) electrons. The number of aliphatic hydroxyl groups excluding tert-OH is 1. The lowest BCUT2D eigenvalue weighted by Gasteiger charge is -2.71. The van der Waals surface area contributed by atoms with Gasteiger partial charge in [-0.25, -0.2) is 0 Å². The Hall–Kier alpha value is -3.40. The number of benzene rings is 1. The number of rotatable bonds is 12. The Morgan fingerprint density at radius 2 is 1.70 bits per heavy atom. The topological polar surface area (TPSA) is 119 Å². The second-order valence-electron chi connectivity index (χ2n) is 16.1. The minimum atomic E-state index is -1.17. The summed E-state index contributed by atoms with van der Waals surface area (Å²) in [5.74, 6) is 1.48. The predicted octanol–water partition coefficient (Wildman–Crippen LogP) is 6.18. The Kier molecular flexibility index (Phi) is 8.88. The Balaban J connectivity index is 1.24. The molecule has 9 nitrogen and oxygen atoms in total. The van der Waals surface area contributed by atoms with Crippen LogP contribution in [0.1, 0.15) is 81.3 Å². The van der Waals surface area contributed by atoms with E-state index in [1.54, 1.807) is 39.7 Å². The van der Waals surface area contributed by atoms with Gasteiger partial charge in [0, 0.05) is 48.6 Å². The lowest BCUT2D eigenvalue weighted by Crippen LogP contribution is -2.67. The maximum absolute atomic E-state index is 14.5. The Morgan fingerprint density at radius 1 is 0.960 bits per heavy atom. The fourth-order valence-corrected chi connectivity index (χ4v) is 11.4. The summed E-state index contributed by atoms with van der Waals surface area (Å²) in [5.41, 5.74) is -1.30. The monoisotopic (exact) mass is 687 g/mol. The van der Waals surface area contributed by atoms with Crippen LogP contribution in [0.5, 0.6) is 11.5 Å². The Bertz CT molecular complexity index is 1680. The number of ether oxygens (including phenoxy) is 3. The van der Waals surface area contributed by atoms with Gasteiger partial charge in [0.05, 0.1) is 38.6 Å². The molecule has 8 atom stereocenters. The summed E-state index contributed by atoms with van der Waals surface area (Å²) >= 11 is 0. The van der Waals surface area contributed by atoms with Gasteiger partial charge in [-0.3, -0.25) is 9.59 Å². The van der Waals surface area contributed by atoms with Crippen molar-refractivity contribution in [2.24, 2.45) is 33.5 Å². The van der Waals surface area contributed by atoms with Gasteiger partial charge in [0.1, 0.15) is 0 Å². The second kappa shape index (κ2) is 12.7. The van der Waals surface area contributed by atoms with E-state index in [0.29, 0.717) is 49.7 Å². The van der Waals surface area contributed by atoms with E-state index in [0.717, 1.165) is 43.2 Å². The third-order valence-corrected chi connectivity index (χ3v) is 14.1. The van der Waals surface area contributed by atoms with Crippen molar-refractivity contribution in [3.63, 3.8) is 0 Å². The summed E-state index contributed by atoms with van der Waals surface area (Å²) in [6.45, 7) is 5.75. The number of furan rings is 1. The van der Waals surface area contributed by atoms with Gasteiger partial charge in [-0.2, -0.15) is 0 Å². The smallest absolute Gasteiger partial charge is 0.227 e. The van der Waals surface area contributed by atoms with Gasteiger partial charge in [-0.05, 0) is 98.4 Å². The van der Waals surface area contributed by atoms with E-state index in [2.05, 4.69) is 32.1 Å². The first-order chi connectivity index (χ1) is 23.9. The van der Waals surface area contributed by atoms with Gasteiger partial charge in [0.2, 0.25) is 11.7 Å². The highest BCUT2D eigenvalue weighted by molar-refractivity contribution is 6.08. The SMILES string of the molecule is COCCCN(C[C@]1(O)CC[C@H]2[C@]34C=C[C@@]5(C=C3C(=O)c3ccco3)CC(O)CC[C@]5(C)[C@H]4CC[C@@]21C)C(=O)Cc1ccc(OC)c(OC)c1. The standard InChI is InChI=1S/C41H53NO8/c1-37-14-11-28(43)24-39(37)17-18-41(29(25-39)36(45)31-8-6-21-50-31)33(37)12-15-38(2)34(41)13-16-40(38,46)26-42(19-7-20-47-3)35(44)23-27-9-10-30(48-4)32(22-27)49-5/h6,8-10,17-18,21-22,25,28,33-34,43,46H,7,11-16,19-20,23-24,26H2,1-5H3/t28?,33-,34-,37-,38+,39+,40-,41-/m1/s1. The number of allylic oxidation sites excluding steroid dienone is 4. The average Bonchev–Trinajstić information content (AvgIpc) is 3.74. The van der Waals surface area contributed by atoms with Crippen LogP contribution in [0.25, 0.3) is 0 Å². The Morgan fingerprint density at radius 3 is 2.42 bits per heavy atom. The zero-order valence-corrected chi connectivity index (χ0v) is 30.2. The molecule has 9 heteroatoms. The van der Waals surface area contributed by atoms with Crippen LogP contribution in [0, 0.1) is 33.5 Å². The lowest BCUT2D eigenvalue weighted by molar-refractivity contribution is -0.178. The van der Waals surface area contributed by atoms with Crippen molar-refractivity contribution >= 4 is 11.7 Å². The normalized spacial score (nSPS) is 36.6. The van der Waals surface area contributed by atoms with Crippen molar-refractivity contribution in [2.45, 2.75) is 83.3 Å². The van der Waals surface area contributed by atoms with Gasteiger partial charge < -0.3 is 33.7 Å². The molecule has 1 aromatic carbocycles. The van der Waals surface area contributed by atoms with Crippen molar-refractivity contribution in [3.8, 4) is 11.5 Å². The van der Waals surface area contributed by atoms with E-state index in [9.17, 15) is 19.8 Å². The molecule has 1 amide bonds. The molecule has 2 spiro atoms. The molecule has 2 aromatic rings. The van der Waals surface area contributed by atoms with Crippen LogP contribution >= 0.6 is 0 Å². The van der Waals surface area contributed by atoms with Crippen molar-refractivity contribution in [2.75, 3.05) is 41.0 Å². The number of amides is 1. The Labute approximate surface area is 295 Å². The van der Waals surface area contributed by atoms with E-state index in [1.165, 1.54) is 0 Å². The van der Waals surface area contributed by atoms with Gasteiger partial charge in [-0.1, -0.05) is 38.1 Å². The van der Waals surface area contributed by atoms with Crippen LogP contribution in [-0.2, 0) is 16.0 Å². The maximum atomic E-state index is 14.5. The van der Waals surface area contributed by atoms with Crippen LogP contribution < -0.4 is 9.47 Å². The third kappa shape index (κ3) is 5.05. The molecule has 50 heavy (non-hydrogen) atoms. The minimum absolute atomic E-state index is 0.0242. The zero-order valence-electron chi connectivity index (χ0n) is 30.2. The number of carbonyl (C=O) groups excluding carboxylic acids is 2. The van der Waals surface area contributed by atoms with Crippen molar-refractivity contribution < 1.29 is 38.4 Å². The average molecular weight is 688 g/mol. The highest BCUT2D eigenvalue weighted by Crippen LogP contribution is 2.78. The molecule has 0 saturated heterocycles. The fourth-order valence-electron chi connectivity index (χ4n) is 11.4. The summed E-state index contributed by atoms with van der Waals surface area (Å²) in [6, 6.07) is 9.01. The number of Topliss-reactive ketones (excluding diaryl/α,β-unsaturated/α-hetero) is 1. The van der Waals surface area contributed by atoms with Gasteiger partial charge in [-0.15, -0.1) is 0 Å². The zero-order chi connectivity index (χ0) is 35.5. The molecule has 2 N–H and O–H groups in total. The lowest BCUT2D eigenvalue weighted by atomic mass is 9.32. The number of nitrogens with zero attached hydrogens (tertiary/aromatic N) is 1. The molecule has 2 bridgehead atoms. The molecule has 6 aliphatic carbocycles. The van der Waals surface area contributed by atoms with E-state index in [4.69, 9.17) is 18.6 Å². The van der Waals surface area contributed by atoms with Crippen LogP contribution in [0.4, 0.5) is 0 Å². The van der Waals surface area contributed by atoms with Gasteiger partial charge in [0.25, 0.3) is 0 Å². The first-order valence-corrected chi connectivity index (χ1v) is 18.3. The molecular formula is C41H53NO8. The molecule has 1 unspecified atom stereocenters. The summed E-state index contributed by atoms with van der Waals surface area (Å²) < 4.78 is 22.0. The molecule has 3 fully saturated rings. The number of hydrogen-bond acceptors (Lipinski definition) is 8. The largest absolute Gasteiger partial charge is 0.493 e. The third-order valence-electron chi connectivity index (χ3n) is 14.1. The molecule has 270 valence electrons. The van der Waals surface area contributed by atoms with Crippen molar-refractivity contribution in [1.29, 1.82) is 0 Å². The van der Waals surface area contributed by atoms with E-state index < -0.39 is 27.9 Å². The number of ketones is 1. The van der Waals surface area contributed by atoms with Crippen molar-refractivity contribution in [1.82, 2.24) is 4.90 Å². The van der Waals surface area contributed by atoms with Gasteiger partial charge in [0.15, 0.2) is 17.3 Å². The maximum Gasteiger partial charge on any atom is 0.227 e. The second-order valence-corrected chi connectivity index (χ2v) is 16.1. The fraction of sp³-hybridized carbons (Fsp3) is 0.610. The van der Waals surface area contributed by atoms with Crippen LogP contribution in [0.2, 0.25) is 0 Å². The highest BCUT2D eigenvalue weighted by Gasteiger charge is 2.74. The number of hydrogen-bond donors (Lipinski definition) is 2. The molecule has 1 aromatic heterocycles. The minimum Gasteiger partial charge on any atom is -0.493 e. The first kappa shape index (κ1) is 35.0. The van der Waals surface area contributed by atoms with Crippen LogP contribution in [0.3, 0.4) is 0 Å². The molecule has 8 rings (SSSR count). The van der Waals surface area contributed by atoms with Crippen LogP contribution in [0.15, 0.2) is 64.8 Å². The van der Waals surface area contributed by atoms with E-state index in [1.807, 2.05) is 23.1 Å². The van der Waals surface area contributed by atoms with E-state index >= 15 is 0 Å². The summed E-state index contributed by atoms with van der Waals surface area (Å²) in [4.78, 5) is 30.4. The number of methoxy groups -OCH3 is 3. The van der Waals surface area contributed by atoms with Crippen molar-refractivity contribution in [3.05, 3.63) is 71.7 Å². The molecule has 0 aliphatic heterocycles. The summed E-state index contributed by atoms with van der Waals surface area (Å²) in [7, 11) is 4.82. The van der Waals surface area contributed by atoms with Crippen LogP contribution in [-0.4, -0.2) is 79.5 Å². The van der Waals surface area contributed by atoms with Gasteiger partial charge >= 0.3 is 0 Å². The molecular weight excluding hydrogens is 634 g/mol. The molecule has 6 aliphatic rings. The molecule has 3 saturated carbocycles. The molecule has 1 heterocycles. The predicted molar refractivity (Wildman–Crippen MR) is 188 cm³/mol.